The van der Waals surface area contributed by atoms with Crippen molar-refractivity contribution in [3.05, 3.63) is 23.7 Å². The van der Waals surface area contributed by atoms with Crippen molar-refractivity contribution in [3.63, 3.8) is 0 Å². The Labute approximate surface area is 83.1 Å². The van der Waals surface area contributed by atoms with Crippen LogP contribution in [0.15, 0.2) is 16.7 Å². The molecule has 0 saturated carbocycles. The van der Waals surface area contributed by atoms with E-state index in [2.05, 4.69) is 26.1 Å². The summed E-state index contributed by atoms with van der Waals surface area (Å²) in [7, 11) is 0. The maximum Gasteiger partial charge on any atom is 0.133 e. The number of hydrogen-bond donors (Lipinski definition) is 1. The van der Waals surface area contributed by atoms with Gasteiger partial charge in [0.2, 0.25) is 0 Å². The Morgan fingerprint density at radius 2 is 2.38 bits per heavy atom. The van der Waals surface area contributed by atoms with E-state index in [4.69, 9.17) is 4.42 Å². The van der Waals surface area contributed by atoms with E-state index in [0.717, 1.165) is 11.5 Å². The van der Waals surface area contributed by atoms with Crippen molar-refractivity contribution < 1.29 is 4.42 Å². The largest absolute Gasteiger partial charge is 0.466 e. The van der Waals surface area contributed by atoms with Crippen LogP contribution < -0.4 is 5.32 Å². The van der Waals surface area contributed by atoms with Crippen molar-refractivity contribution in [2.45, 2.75) is 31.7 Å². The van der Waals surface area contributed by atoms with Gasteiger partial charge in [-0.2, -0.15) is 0 Å². The normalized spacial score (nSPS) is 26.5. The second kappa shape index (κ2) is 3.07. The molecular formula is C10H15NOS. The molecule has 0 bridgehead atoms. The fourth-order valence-electron chi connectivity index (χ4n) is 1.52. The number of aryl methyl sites for hydroxylation is 1. The highest BCUT2D eigenvalue weighted by Gasteiger charge is 2.33. The summed E-state index contributed by atoms with van der Waals surface area (Å²) < 4.78 is 5.46. The van der Waals surface area contributed by atoms with Crippen molar-refractivity contribution in [1.29, 1.82) is 0 Å². The first-order valence-corrected chi connectivity index (χ1v) is 5.57. The summed E-state index contributed by atoms with van der Waals surface area (Å²) >= 11 is 1.92. The lowest BCUT2D eigenvalue weighted by molar-refractivity contribution is 0.407. The summed E-state index contributed by atoms with van der Waals surface area (Å²) in [5.41, 5.74) is 1.47. The molecule has 1 aliphatic rings. The van der Waals surface area contributed by atoms with Crippen molar-refractivity contribution >= 4 is 11.8 Å². The van der Waals surface area contributed by atoms with Crippen LogP contribution in [0.5, 0.6) is 0 Å². The van der Waals surface area contributed by atoms with Gasteiger partial charge >= 0.3 is 0 Å². The summed E-state index contributed by atoms with van der Waals surface area (Å²) in [5, 5.41) is 3.88. The molecule has 1 unspecified atom stereocenters. The molecule has 0 aliphatic carbocycles. The van der Waals surface area contributed by atoms with Crippen molar-refractivity contribution in [3.8, 4) is 0 Å². The summed E-state index contributed by atoms with van der Waals surface area (Å²) in [6, 6.07) is 2.02. The van der Waals surface area contributed by atoms with E-state index in [1.807, 2.05) is 17.8 Å². The van der Waals surface area contributed by atoms with Crippen LogP contribution in [0.1, 0.15) is 30.5 Å². The van der Waals surface area contributed by atoms with Gasteiger partial charge < -0.3 is 4.42 Å². The van der Waals surface area contributed by atoms with Crippen LogP contribution in [0, 0.1) is 6.92 Å². The number of rotatable bonds is 1. The Balaban J connectivity index is 2.17. The standard InChI is InChI=1S/C10H15NOS/c1-7-4-5-12-8(7)9-11-10(2,3)6-13-9/h4-5,9,11H,6H2,1-3H3. The Kier molecular flexibility index (Phi) is 2.16. The third kappa shape index (κ3) is 1.76. The van der Waals surface area contributed by atoms with E-state index >= 15 is 0 Å². The third-order valence-electron chi connectivity index (χ3n) is 2.27. The minimum absolute atomic E-state index is 0.231. The fourth-order valence-corrected chi connectivity index (χ4v) is 2.99. The van der Waals surface area contributed by atoms with Gasteiger partial charge in [-0.15, -0.1) is 11.8 Å². The van der Waals surface area contributed by atoms with Crippen LogP contribution in [-0.2, 0) is 0 Å². The third-order valence-corrected chi connectivity index (χ3v) is 3.83. The van der Waals surface area contributed by atoms with Crippen LogP contribution in [0.25, 0.3) is 0 Å². The smallest absolute Gasteiger partial charge is 0.133 e. The van der Waals surface area contributed by atoms with Gasteiger partial charge in [0.05, 0.1) is 6.26 Å². The number of nitrogens with one attached hydrogen (secondary N) is 1. The van der Waals surface area contributed by atoms with Crippen LogP contribution in [0.2, 0.25) is 0 Å². The quantitative estimate of drug-likeness (QED) is 0.749. The highest BCUT2D eigenvalue weighted by molar-refractivity contribution is 7.99. The Morgan fingerprint density at radius 1 is 1.62 bits per heavy atom. The molecule has 1 fully saturated rings. The lowest BCUT2D eigenvalue weighted by Crippen LogP contribution is -2.35. The first kappa shape index (κ1) is 9.16. The molecule has 1 atom stereocenters. The van der Waals surface area contributed by atoms with Gasteiger partial charge in [0.25, 0.3) is 0 Å². The first-order valence-electron chi connectivity index (χ1n) is 4.52. The van der Waals surface area contributed by atoms with Gasteiger partial charge in [-0.3, -0.25) is 5.32 Å². The second-order valence-electron chi connectivity index (χ2n) is 4.19. The Morgan fingerprint density at radius 3 is 2.85 bits per heavy atom. The highest BCUT2D eigenvalue weighted by Crippen LogP contribution is 2.38. The Bertz CT molecular complexity index is 306. The summed E-state index contributed by atoms with van der Waals surface area (Å²) in [6.45, 7) is 6.53. The molecule has 2 rings (SSSR count). The minimum Gasteiger partial charge on any atom is -0.466 e. The maximum atomic E-state index is 5.46. The SMILES string of the molecule is Cc1ccoc1C1NC(C)(C)CS1. The lowest BCUT2D eigenvalue weighted by atomic mass is 10.1. The molecule has 3 heteroatoms. The molecule has 72 valence electrons. The average Bonchev–Trinajstić information content (AvgIpc) is 2.56. The molecular weight excluding hydrogens is 182 g/mol. The molecule has 1 aromatic heterocycles. The average molecular weight is 197 g/mol. The van der Waals surface area contributed by atoms with E-state index in [-0.39, 0.29) is 5.54 Å². The maximum absolute atomic E-state index is 5.46. The topological polar surface area (TPSA) is 25.2 Å². The van der Waals surface area contributed by atoms with Gasteiger partial charge in [-0.25, -0.2) is 0 Å². The van der Waals surface area contributed by atoms with Gasteiger partial charge in [0.15, 0.2) is 0 Å². The molecule has 2 nitrogen and oxygen atoms in total. The molecule has 1 aliphatic heterocycles. The van der Waals surface area contributed by atoms with E-state index in [9.17, 15) is 0 Å². The molecule has 13 heavy (non-hydrogen) atoms. The zero-order chi connectivity index (χ0) is 9.47. The second-order valence-corrected chi connectivity index (χ2v) is 5.28. The molecule has 2 heterocycles. The van der Waals surface area contributed by atoms with Gasteiger partial charge in [0, 0.05) is 11.3 Å². The fraction of sp³-hybridized carbons (Fsp3) is 0.600. The zero-order valence-electron chi connectivity index (χ0n) is 8.26. The predicted octanol–water partition coefficient (Wildman–Crippen LogP) is 2.70. The summed E-state index contributed by atoms with van der Waals surface area (Å²) in [6.07, 6.45) is 1.76. The zero-order valence-corrected chi connectivity index (χ0v) is 9.07. The van der Waals surface area contributed by atoms with Gasteiger partial charge in [-0.05, 0) is 32.4 Å². The molecule has 0 amide bonds. The van der Waals surface area contributed by atoms with Crippen LogP contribution >= 0.6 is 11.8 Å². The number of thioether (sulfide) groups is 1. The molecule has 1 N–H and O–H groups in total. The molecule has 1 saturated heterocycles. The molecule has 1 aromatic rings. The summed E-state index contributed by atoms with van der Waals surface area (Å²) in [5.74, 6) is 2.22. The number of furan rings is 1. The van der Waals surface area contributed by atoms with E-state index in [1.54, 1.807) is 6.26 Å². The van der Waals surface area contributed by atoms with Crippen LogP contribution in [0.3, 0.4) is 0 Å². The van der Waals surface area contributed by atoms with E-state index < -0.39 is 0 Å². The van der Waals surface area contributed by atoms with Crippen molar-refractivity contribution in [2.75, 3.05) is 5.75 Å². The monoisotopic (exact) mass is 197 g/mol. The van der Waals surface area contributed by atoms with Gasteiger partial charge in [-0.1, -0.05) is 0 Å². The van der Waals surface area contributed by atoms with Gasteiger partial charge in [0.1, 0.15) is 11.1 Å². The number of hydrogen-bond acceptors (Lipinski definition) is 3. The first-order chi connectivity index (χ1) is 6.08. The summed E-state index contributed by atoms with van der Waals surface area (Å²) in [4.78, 5) is 0. The van der Waals surface area contributed by atoms with Crippen molar-refractivity contribution in [2.24, 2.45) is 0 Å². The minimum atomic E-state index is 0.231. The van der Waals surface area contributed by atoms with E-state index in [1.165, 1.54) is 5.56 Å². The molecule has 0 spiro atoms. The molecule has 0 radical (unpaired) electrons. The lowest BCUT2D eigenvalue weighted by Gasteiger charge is -2.17. The Hall–Kier alpha value is -0.410. The van der Waals surface area contributed by atoms with E-state index in [0.29, 0.717) is 5.37 Å². The van der Waals surface area contributed by atoms with Crippen LogP contribution in [-0.4, -0.2) is 11.3 Å². The highest BCUT2D eigenvalue weighted by atomic mass is 32.2. The molecule has 0 aromatic carbocycles. The predicted molar refractivity (Wildman–Crippen MR) is 55.9 cm³/mol. The van der Waals surface area contributed by atoms with Crippen molar-refractivity contribution in [1.82, 2.24) is 5.32 Å². The van der Waals surface area contributed by atoms with Crippen LogP contribution in [0.4, 0.5) is 0 Å².